The van der Waals surface area contributed by atoms with Gasteiger partial charge in [-0.05, 0) is 26.2 Å². The summed E-state index contributed by atoms with van der Waals surface area (Å²) in [6, 6.07) is 0. The van der Waals surface area contributed by atoms with Crippen LogP contribution in [0.25, 0.3) is 0 Å². The van der Waals surface area contributed by atoms with E-state index in [1.54, 1.807) is 6.33 Å². The third-order valence-electron chi connectivity index (χ3n) is 2.68. The minimum atomic E-state index is 0.0726. The molecule has 2 heterocycles. The van der Waals surface area contributed by atoms with Crippen LogP contribution in [0.1, 0.15) is 35.4 Å². The van der Waals surface area contributed by atoms with E-state index in [9.17, 15) is 4.79 Å². The summed E-state index contributed by atoms with van der Waals surface area (Å²) in [7, 11) is 0. The van der Waals surface area contributed by atoms with Gasteiger partial charge in [-0.25, -0.2) is 4.98 Å². The van der Waals surface area contributed by atoms with E-state index in [0.717, 1.165) is 31.6 Å². The van der Waals surface area contributed by atoms with Gasteiger partial charge in [0.15, 0.2) is 0 Å². The average Bonchev–Trinajstić information content (AvgIpc) is 2.65. The zero-order valence-electron chi connectivity index (χ0n) is 8.42. The number of aryl methyl sites for hydroxylation is 1. The number of hydrogen-bond acceptors (Lipinski definition) is 2. The van der Waals surface area contributed by atoms with Crippen molar-refractivity contribution in [2.75, 3.05) is 13.1 Å². The molecule has 76 valence electrons. The van der Waals surface area contributed by atoms with Gasteiger partial charge in [-0.15, -0.1) is 0 Å². The summed E-state index contributed by atoms with van der Waals surface area (Å²) in [4.78, 5) is 20.8. The summed E-state index contributed by atoms with van der Waals surface area (Å²) >= 11 is 0. The molecule has 0 aromatic carbocycles. The van der Waals surface area contributed by atoms with E-state index < -0.39 is 0 Å². The van der Waals surface area contributed by atoms with Crippen LogP contribution in [-0.4, -0.2) is 33.9 Å². The second-order valence-electron chi connectivity index (χ2n) is 3.73. The van der Waals surface area contributed by atoms with Gasteiger partial charge in [0.25, 0.3) is 5.91 Å². The monoisotopic (exact) mass is 193 g/mol. The van der Waals surface area contributed by atoms with Crippen LogP contribution in [0.3, 0.4) is 0 Å². The van der Waals surface area contributed by atoms with Gasteiger partial charge in [-0.2, -0.15) is 0 Å². The fourth-order valence-electron chi connectivity index (χ4n) is 1.82. The first-order valence-electron chi connectivity index (χ1n) is 5.08. The van der Waals surface area contributed by atoms with E-state index in [-0.39, 0.29) is 5.91 Å². The van der Waals surface area contributed by atoms with E-state index in [0.29, 0.717) is 5.69 Å². The van der Waals surface area contributed by atoms with E-state index in [1.165, 1.54) is 6.42 Å². The molecular weight excluding hydrogens is 178 g/mol. The molecule has 0 unspecified atom stereocenters. The molecule has 1 aromatic heterocycles. The van der Waals surface area contributed by atoms with E-state index >= 15 is 0 Å². The van der Waals surface area contributed by atoms with Crippen LogP contribution in [0.2, 0.25) is 0 Å². The van der Waals surface area contributed by atoms with Gasteiger partial charge in [0, 0.05) is 18.8 Å². The lowest BCUT2D eigenvalue weighted by molar-refractivity contribution is 0.0718. The molecule has 0 radical (unpaired) electrons. The number of hydrogen-bond donors (Lipinski definition) is 1. The Hall–Kier alpha value is -1.32. The summed E-state index contributed by atoms with van der Waals surface area (Å²) in [5.74, 6) is 0.0726. The lowest BCUT2D eigenvalue weighted by Crippen LogP contribution is -2.36. The van der Waals surface area contributed by atoms with Gasteiger partial charge in [-0.1, -0.05) is 0 Å². The standard InChI is InChI=1S/C10H15N3O/c1-8-9(12-7-11-8)10(14)13-5-3-2-4-6-13/h7H,2-6H2,1H3,(H,11,12). The van der Waals surface area contributed by atoms with Gasteiger partial charge in [0.1, 0.15) is 5.69 Å². The van der Waals surface area contributed by atoms with Crippen molar-refractivity contribution in [3.63, 3.8) is 0 Å². The molecule has 1 N–H and O–H groups in total. The van der Waals surface area contributed by atoms with Crippen LogP contribution in [0.4, 0.5) is 0 Å². The van der Waals surface area contributed by atoms with Crippen molar-refractivity contribution in [3.8, 4) is 0 Å². The number of nitrogens with one attached hydrogen (secondary N) is 1. The number of nitrogens with zero attached hydrogens (tertiary/aromatic N) is 2. The number of imidazole rings is 1. The van der Waals surface area contributed by atoms with Crippen molar-refractivity contribution in [1.29, 1.82) is 0 Å². The quantitative estimate of drug-likeness (QED) is 0.731. The number of H-pyrrole nitrogens is 1. The summed E-state index contributed by atoms with van der Waals surface area (Å²) in [5, 5.41) is 0. The maximum Gasteiger partial charge on any atom is 0.274 e. The Kier molecular flexibility index (Phi) is 2.52. The first-order chi connectivity index (χ1) is 6.79. The van der Waals surface area contributed by atoms with E-state index in [2.05, 4.69) is 9.97 Å². The molecule has 1 amide bonds. The molecule has 4 nitrogen and oxygen atoms in total. The Labute approximate surface area is 83.3 Å². The van der Waals surface area contributed by atoms with Crippen molar-refractivity contribution in [1.82, 2.24) is 14.9 Å². The fraction of sp³-hybridized carbons (Fsp3) is 0.600. The van der Waals surface area contributed by atoms with Gasteiger partial charge < -0.3 is 9.88 Å². The Bertz CT molecular complexity index is 326. The highest BCUT2D eigenvalue weighted by atomic mass is 16.2. The molecule has 1 aliphatic heterocycles. The lowest BCUT2D eigenvalue weighted by atomic mass is 10.1. The summed E-state index contributed by atoms with van der Waals surface area (Å²) in [6.45, 7) is 3.64. The summed E-state index contributed by atoms with van der Waals surface area (Å²) in [6.07, 6.45) is 5.06. The molecule has 14 heavy (non-hydrogen) atoms. The SMILES string of the molecule is Cc1[nH]cnc1C(=O)N1CCCCC1. The molecular formula is C10H15N3O. The van der Waals surface area contributed by atoms with E-state index in [1.807, 2.05) is 11.8 Å². The molecule has 1 fully saturated rings. The topological polar surface area (TPSA) is 49.0 Å². The van der Waals surface area contributed by atoms with Gasteiger partial charge >= 0.3 is 0 Å². The highest BCUT2D eigenvalue weighted by Crippen LogP contribution is 2.13. The number of carbonyl (C=O) groups is 1. The number of likely N-dealkylation sites (tertiary alicyclic amines) is 1. The minimum absolute atomic E-state index is 0.0726. The van der Waals surface area contributed by atoms with Crippen LogP contribution in [0, 0.1) is 6.92 Å². The van der Waals surface area contributed by atoms with Crippen LogP contribution >= 0.6 is 0 Å². The fourth-order valence-corrected chi connectivity index (χ4v) is 1.82. The molecule has 0 spiro atoms. The molecule has 1 aromatic rings. The van der Waals surface area contributed by atoms with Crippen LogP contribution in [0.5, 0.6) is 0 Å². The van der Waals surface area contributed by atoms with Gasteiger partial charge in [-0.3, -0.25) is 4.79 Å². The smallest absolute Gasteiger partial charge is 0.274 e. The number of rotatable bonds is 1. The van der Waals surface area contributed by atoms with Crippen LogP contribution < -0.4 is 0 Å². The Morgan fingerprint density at radius 3 is 2.71 bits per heavy atom. The highest BCUT2D eigenvalue weighted by molar-refractivity contribution is 5.93. The third kappa shape index (κ3) is 1.64. The normalized spacial score (nSPS) is 17.1. The van der Waals surface area contributed by atoms with Crippen molar-refractivity contribution < 1.29 is 4.79 Å². The first kappa shape index (κ1) is 9.24. The van der Waals surface area contributed by atoms with Crippen molar-refractivity contribution in [2.45, 2.75) is 26.2 Å². The number of aromatic amines is 1. The number of aromatic nitrogens is 2. The molecule has 0 bridgehead atoms. The van der Waals surface area contributed by atoms with Crippen molar-refractivity contribution >= 4 is 5.91 Å². The first-order valence-corrected chi connectivity index (χ1v) is 5.08. The Balaban J connectivity index is 2.11. The Morgan fingerprint density at radius 2 is 2.14 bits per heavy atom. The zero-order valence-corrected chi connectivity index (χ0v) is 8.42. The van der Waals surface area contributed by atoms with Gasteiger partial charge in [0.2, 0.25) is 0 Å². The molecule has 0 aliphatic carbocycles. The zero-order chi connectivity index (χ0) is 9.97. The van der Waals surface area contributed by atoms with Crippen LogP contribution in [0.15, 0.2) is 6.33 Å². The predicted molar refractivity (Wildman–Crippen MR) is 53.1 cm³/mol. The number of piperidine rings is 1. The highest BCUT2D eigenvalue weighted by Gasteiger charge is 2.20. The minimum Gasteiger partial charge on any atom is -0.348 e. The molecule has 1 saturated heterocycles. The second-order valence-corrected chi connectivity index (χ2v) is 3.73. The maximum absolute atomic E-state index is 11.9. The average molecular weight is 193 g/mol. The second kappa shape index (κ2) is 3.82. The van der Waals surface area contributed by atoms with Crippen molar-refractivity contribution in [2.24, 2.45) is 0 Å². The molecule has 1 aliphatic rings. The van der Waals surface area contributed by atoms with Gasteiger partial charge in [0.05, 0.1) is 6.33 Å². The lowest BCUT2D eigenvalue weighted by Gasteiger charge is -2.26. The van der Waals surface area contributed by atoms with E-state index in [4.69, 9.17) is 0 Å². The van der Waals surface area contributed by atoms with Crippen molar-refractivity contribution in [3.05, 3.63) is 17.7 Å². The Morgan fingerprint density at radius 1 is 1.43 bits per heavy atom. The maximum atomic E-state index is 11.9. The number of amides is 1. The summed E-state index contributed by atoms with van der Waals surface area (Å²) < 4.78 is 0. The molecule has 0 saturated carbocycles. The number of carbonyl (C=O) groups excluding carboxylic acids is 1. The largest absolute Gasteiger partial charge is 0.348 e. The third-order valence-corrected chi connectivity index (χ3v) is 2.68. The summed E-state index contributed by atoms with van der Waals surface area (Å²) in [5.41, 5.74) is 1.44. The molecule has 2 rings (SSSR count). The molecule has 4 heteroatoms. The van der Waals surface area contributed by atoms with Crippen LogP contribution in [-0.2, 0) is 0 Å². The predicted octanol–water partition coefficient (Wildman–Crippen LogP) is 1.34. The molecule has 0 atom stereocenters.